The lowest BCUT2D eigenvalue weighted by molar-refractivity contribution is -0.0296. The van der Waals surface area contributed by atoms with Crippen LogP contribution in [0.4, 0.5) is 0 Å². The van der Waals surface area contributed by atoms with Crippen LogP contribution < -0.4 is 0 Å². The summed E-state index contributed by atoms with van der Waals surface area (Å²) >= 11 is 0. The van der Waals surface area contributed by atoms with E-state index in [1.807, 2.05) is 18.2 Å². The van der Waals surface area contributed by atoms with Gasteiger partial charge in [0.05, 0.1) is 6.10 Å². The predicted molar refractivity (Wildman–Crippen MR) is 75.7 cm³/mol. The lowest BCUT2D eigenvalue weighted by atomic mass is 9.97. The van der Waals surface area contributed by atoms with Crippen molar-refractivity contribution < 1.29 is 4.74 Å². The Hall–Kier alpha value is -1.51. The van der Waals surface area contributed by atoms with Crippen molar-refractivity contribution in [2.24, 2.45) is 5.11 Å². The molecule has 0 spiro atoms. The molecule has 1 aliphatic rings. The van der Waals surface area contributed by atoms with Gasteiger partial charge in [-0.25, -0.2) is 0 Å². The summed E-state index contributed by atoms with van der Waals surface area (Å²) in [4.78, 5) is 2.91. The molecule has 0 aliphatic heterocycles. The molecule has 4 heteroatoms. The van der Waals surface area contributed by atoms with Crippen LogP contribution in [0.3, 0.4) is 0 Å². The number of hydrogen-bond acceptors (Lipinski definition) is 2. The van der Waals surface area contributed by atoms with E-state index in [2.05, 4.69) is 22.2 Å². The summed E-state index contributed by atoms with van der Waals surface area (Å²) in [5, 5.41) is 3.79. The van der Waals surface area contributed by atoms with Crippen LogP contribution >= 0.6 is 0 Å². The zero-order valence-electron chi connectivity index (χ0n) is 11.2. The summed E-state index contributed by atoms with van der Waals surface area (Å²) in [6, 6.07) is 10.2. The van der Waals surface area contributed by atoms with Crippen LogP contribution in [-0.2, 0) is 11.2 Å². The highest BCUT2D eigenvalue weighted by Crippen LogP contribution is 2.23. The Morgan fingerprint density at radius 3 is 2.63 bits per heavy atom. The van der Waals surface area contributed by atoms with E-state index in [4.69, 9.17) is 10.3 Å². The molecule has 0 heterocycles. The Morgan fingerprint density at radius 1 is 1.21 bits per heavy atom. The van der Waals surface area contributed by atoms with Crippen LogP contribution in [0.2, 0.25) is 0 Å². The number of aryl methyl sites for hydroxylation is 1. The van der Waals surface area contributed by atoms with Gasteiger partial charge in [-0.15, -0.1) is 0 Å². The van der Waals surface area contributed by atoms with Crippen LogP contribution in [0.25, 0.3) is 10.4 Å². The van der Waals surface area contributed by atoms with E-state index >= 15 is 0 Å². The van der Waals surface area contributed by atoms with Gasteiger partial charge in [0.25, 0.3) is 0 Å². The van der Waals surface area contributed by atoms with Gasteiger partial charge in [-0.3, -0.25) is 0 Å². The van der Waals surface area contributed by atoms with Gasteiger partial charge < -0.3 is 4.74 Å². The fraction of sp³-hybridized carbons (Fsp3) is 0.600. The fourth-order valence-electron chi connectivity index (χ4n) is 2.57. The van der Waals surface area contributed by atoms with Crippen LogP contribution in [-0.4, -0.2) is 12.3 Å². The first-order valence-electron chi connectivity index (χ1n) is 7.12. The SMILES string of the molecule is [N-]=[N+]=NC(CCc1ccccc1)OC1CCCCC1. The molecule has 1 saturated carbocycles. The topological polar surface area (TPSA) is 58.0 Å². The third kappa shape index (κ3) is 4.93. The van der Waals surface area contributed by atoms with Crippen LogP contribution in [0, 0.1) is 0 Å². The number of rotatable bonds is 6. The zero-order valence-corrected chi connectivity index (χ0v) is 11.2. The molecule has 4 nitrogen and oxygen atoms in total. The highest BCUT2D eigenvalue weighted by Gasteiger charge is 2.18. The lowest BCUT2D eigenvalue weighted by Crippen LogP contribution is -2.23. The third-order valence-corrected chi connectivity index (χ3v) is 3.60. The molecule has 0 N–H and O–H groups in total. The number of hydrogen-bond donors (Lipinski definition) is 0. The molecule has 102 valence electrons. The first-order valence-corrected chi connectivity index (χ1v) is 7.12. The second-order valence-corrected chi connectivity index (χ2v) is 5.08. The summed E-state index contributed by atoms with van der Waals surface area (Å²) in [5.41, 5.74) is 9.90. The van der Waals surface area contributed by atoms with E-state index in [-0.39, 0.29) is 12.3 Å². The van der Waals surface area contributed by atoms with Crippen molar-refractivity contribution in [1.82, 2.24) is 0 Å². The molecule has 1 aromatic rings. The van der Waals surface area contributed by atoms with Crippen molar-refractivity contribution in [3.63, 3.8) is 0 Å². The Balaban J connectivity index is 1.83. The van der Waals surface area contributed by atoms with Crippen molar-refractivity contribution >= 4 is 0 Å². The molecule has 1 fully saturated rings. The number of nitrogens with zero attached hydrogens (tertiary/aromatic N) is 3. The van der Waals surface area contributed by atoms with E-state index in [1.165, 1.54) is 24.8 Å². The van der Waals surface area contributed by atoms with E-state index < -0.39 is 0 Å². The number of azide groups is 1. The zero-order chi connectivity index (χ0) is 13.3. The standard InChI is InChI=1S/C15H21N3O/c16-18-17-15(19-14-9-5-2-6-10-14)12-11-13-7-3-1-4-8-13/h1,3-4,7-8,14-15H,2,5-6,9-12H2. The van der Waals surface area contributed by atoms with Gasteiger partial charge in [0.2, 0.25) is 0 Å². The van der Waals surface area contributed by atoms with Crippen molar-refractivity contribution in [3.8, 4) is 0 Å². The predicted octanol–water partition coefficient (Wildman–Crippen LogP) is 4.60. The van der Waals surface area contributed by atoms with Gasteiger partial charge in [0.15, 0.2) is 0 Å². The monoisotopic (exact) mass is 259 g/mol. The first-order chi connectivity index (χ1) is 9.38. The van der Waals surface area contributed by atoms with Crippen molar-refractivity contribution in [2.75, 3.05) is 0 Å². The molecule has 1 atom stereocenters. The largest absolute Gasteiger partial charge is 0.369 e. The number of ether oxygens (including phenoxy) is 1. The fourth-order valence-corrected chi connectivity index (χ4v) is 2.57. The van der Waals surface area contributed by atoms with E-state index in [9.17, 15) is 0 Å². The first kappa shape index (κ1) is 13.9. The molecule has 0 saturated heterocycles. The normalized spacial score (nSPS) is 17.7. The molecule has 1 aliphatic carbocycles. The Labute approximate surface area is 114 Å². The molecule has 0 amide bonds. The quantitative estimate of drug-likeness (QED) is 0.418. The highest BCUT2D eigenvalue weighted by atomic mass is 16.5. The van der Waals surface area contributed by atoms with Crippen molar-refractivity contribution in [3.05, 3.63) is 46.3 Å². The number of benzene rings is 1. The Kier molecular flexibility index (Phi) is 5.73. The minimum Gasteiger partial charge on any atom is -0.369 e. The third-order valence-electron chi connectivity index (χ3n) is 3.60. The van der Waals surface area contributed by atoms with Gasteiger partial charge >= 0.3 is 0 Å². The summed E-state index contributed by atoms with van der Waals surface area (Å²) in [6.45, 7) is 0. The van der Waals surface area contributed by atoms with Gasteiger partial charge in [0.1, 0.15) is 6.23 Å². The molecule has 0 bridgehead atoms. The molecule has 0 radical (unpaired) electrons. The summed E-state index contributed by atoms with van der Waals surface area (Å²) in [7, 11) is 0. The Bertz CT molecular complexity index is 409. The average Bonchev–Trinajstić information content (AvgIpc) is 2.47. The maximum absolute atomic E-state index is 8.64. The summed E-state index contributed by atoms with van der Waals surface area (Å²) < 4.78 is 5.93. The van der Waals surface area contributed by atoms with Crippen molar-refractivity contribution in [2.45, 2.75) is 57.3 Å². The van der Waals surface area contributed by atoms with Crippen LogP contribution in [0.15, 0.2) is 35.4 Å². The van der Waals surface area contributed by atoms with Crippen molar-refractivity contribution in [1.29, 1.82) is 0 Å². The highest BCUT2D eigenvalue weighted by molar-refractivity contribution is 5.14. The van der Waals surface area contributed by atoms with Gasteiger partial charge in [-0.05, 0) is 36.8 Å². The second kappa shape index (κ2) is 7.82. The molecule has 2 rings (SSSR count). The maximum Gasteiger partial charge on any atom is 0.137 e. The average molecular weight is 259 g/mol. The minimum atomic E-state index is -0.326. The molecule has 19 heavy (non-hydrogen) atoms. The summed E-state index contributed by atoms with van der Waals surface area (Å²) in [5.74, 6) is 0. The van der Waals surface area contributed by atoms with Crippen LogP contribution in [0.1, 0.15) is 44.1 Å². The van der Waals surface area contributed by atoms with Crippen LogP contribution in [0.5, 0.6) is 0 Å². The molecule has 1 unspecified atom stereocenters. The Morgan fingerprint density at radius 2 is 1.95 bits per heavy atom. The van der Waals surface area contributed by atoms with Gasteiger partial charge in [-0.1, -0.05) is 54.7 Å². The summed E-state index contributed by atoms with van der Waals surface area (Å²) in [6.07, 6.45) is 7.55. The molecular weight excluding hydrogens is 238 g/mol. The van der Waals surface area contributed by atoms with Gasteiger partial charge in [-0.2, -0.15) is 0 Å². The molecule has 0 aromatic heterocycles. The van der Waals surface area contributed by atoms with Gasteiger partial charge in [0, 0.05) is 4.91 Å². The van der Waals surface area contributed by atoms with E-state index in [1.54, 1.807) is 0 Å². The lowest BCUT2D eigenvalue weighted by Gasteiger charge is -2.25. The molecular formula is C15H21N3O. The molecule has 1 aromatic carbocycles. The second-order valence-electron chi connectivity index (χ2n) is 5.08. The smallest absolute Gasteiger partial charge is 0.137 e. The van der Waals surface area contributed by atoms with E-state index in [0.717, 1.165) is 25.7 Å². The van der Waals surface area contributed by atoms with E-state index in [0.29, 0.717) is 0 Å². The maximum atomic E-state index is 8.64. The minimum absolute atomic E-state index is 0.278.